The van der Waals surface area contributed by atoms with Gasteiger partial charge in [0.15, 0.2) is 0 Å². The smallest absolute Gasteiger partial charge is 0.107 e. The van der Waals surface area contributed by atoms with E-state index < -0.39 is 12.0 Å². The van der Waals surface area contributed by atoms with Crippen molar-refractivity contribution >= 4 is 57.9 Å². The minimum absolute atomic E-state index is 1.03. The molecule has 0 rings (SSSR count). The van der Waals surface area contributed by atoms with Crippen molar-refractivity contribution in [3.8, 4) is 0 Å². The molecular formula is C12H25Br3Si2. The normalized spacial score (nSPS) is 12.8. The highest BCUT2D eigenvalue weighted by Crippen LogP contribution is 2.33. The molecule has 0 atom stereocenters. The average Bonchev–Trinajstić information content (AvgIpc) is 2.20. The largest absolute Gasteiger partial charge is 0.267 e. The molecule has 0 nitrogen and oxygen atoms in total. The standard InChI is InChI=1S/C12H25Br3Si2/c1-4-16(2,3)11-9-7-5-6-8-10-12-17(13,14)15/h4H,1,5-12H2,2-3H3. The summed E-state index contributed by atoms with van der Waals surface area (Å²) in [5.41, 5.74) is 2.22. The van der Waals surface area contributed by atoms with E-state index in [0.717, 1.165) is 0 Å². The van der Waals surface area contributed by atoms with Gasteiger partial charge in [0, 0.05) is 0 Å². The van der Waals surface area contributed by atoms with E-state index in [1.165, 1.54) is 50.6 Å². The van der Waals surface area contributed by atoms with Crippen LogP contribution >= 0.6 is 45.9 Å². The van der Waals surface area contributed by atoms with Gasteiger partial charge in [0.2, 0.25) is 0 Å². The summed E-state index contributed by atoms with van der Waals surface area (Å²) in [4.78, 5) is 0. The first-order valence-corrected chi connectivity index (χ1v) is 18.7. The van der Waals surface area contributed by atoms with Gasteiger partial charge in [0.1, 0.15) is 0 Å². The highest BCUT2D eigenvalue weighted by Gasteiger charge is 2.20. The van der Waals surface area contributed by atoms with E-state index in [4.69, 9.17) is 0 Å². The second kappa shape index (κ2) is 9.51. The molecule has 0 heterocycles. The quantitative estimate of drug-likeness (QED) is 0.187. The molecular weight excluding hydrogens is 440 g/mol. The molecule has 0 unspecified atom stereocenters. The topological polar surface area (TPSA) is 0 Å². The van der Waals surface area contributed by atoms with Gasteiger partial charge in [0.05, 0.1) is 8.07 Å². The van der Waals surface area contributed by atoms with E-state index >= 15 is 0 Å². The third kappa shape index (κ3) is 13.8. The molecule has 0 spiro atoms. The zero-order valence-electron chi connectivity index (χ0n) is 11.1. The first kappa shape index (κ1) is 18.6. The van der Waals surface area contributed by atoms with Crippen LogP contribution in [0, 0.1) is 0 Å². The molecule has 0 aliphatic carbocycles. The van der Waals surface area contributed by atoms with Crippen LogP contribution < -0.4 is 0 Å². The number of hydrogen-bond donors (Lipinski definition) is 0. The van der Waals surface area contributed by atoms with Gasteiger partial charge in [-0.2, -0.15) is 0 Å². The maximum atomic E-state index is 3.95. The molecule has 0 aliphatic heterocycles. The summed E-state index contributed by atoms with van der Waals surface area (Å²) < 4.78 is -1.33. The Morgan fingerprint density at radius 2 is 1.24 bits per heavy atom. The third-order valence-electron chi connectivity index (χ3n) is 3.08. The summed E-state index contributed by atoms with van der Waals surface area (Å²) in [5.74, 6) is 0. The zero-order chi connectivity index (χ0) is 13.4. The summed E-state index contributed by atoms with van der Waals surface area (Å²) in [6, 6.07) is 2.68. The maximum absolute atomic E-state index is 3.95. The molecule has 0 bridgehead atoms. The van der Waals surface area contributed by atoms with Gasteiger partial charge >= 0.3 is 0 Å². The molecule has 0 amide bonds. The third-order valence-corrected chi connectivity index (χ3v) is 10.3. The first-order valence-electron chi connectivity index (χ1n) is 6.47. The van der Waals surface area contributed by atoms with Crippen LogP contribution in [0.15, 0.2) is 12.3 Å². The number of unbranched alkanes of at least 4 members (excludes halogenated alkanes) is 5. The lowest BCUT2D eigenvalue weighted by atomic mass is 10.1. The molecule has 0 aromatic rings. The van der Waals surface area contributed by atoms with Crippen LogP contribution in [0.2, 0.25) is 25.2 Å². The zero-order valence-corrected chi connectivity index (χ0v) is 17.8. The average molecular weight is 465 g/mol. The Bertz CT molecular complexity index is 212. The van der Waals surface area contributed by atoms with Gasteiger partial charge in [0.25, 0.3) is 3.93 Å². The van der Waals surface area contributed by atoms with E-state index in [1.54, 1.807) is 0 Å². The van der Waals surface area contributed by atoms with E-state index in [9.17, 15) is 0 Å². The highest BCUT2D eigenvalue weighted by atomic mass is 80.0. The van der Waals surface area contributed by atoms with Crippen LogP contribution in [0.4, 0.5) is 0 Å². The van der Waals surface area contributed by atoms with Crippen LogP contribution in [0.3, 0.4) is 0 Å². The maximum Gasteiger partial charge on any atom is 0.267 e. The molecule has 0 saturated carbocycles. The van der Waals surface area contributed by atoms with Gasteiger partial charge in [-0.3, -0.25) is 0 Å². The minimum Gasteiger partial charge on any atom is -0.107 e. The van der Waals surface area contributed by atoms with Crippen molar-refractivity contribution in [2.24, 2.45) is 0 Å². The van der Waals surface area contributed by atoms with Crippen molar-refractivity contribution in [2.75, 3.05) is 0 Å². The lowest BCUT2D eigenvalue weighted by molar-refractivity contribution is 0.622. The molecule has 0 aromatic carbocycles. The van der Waals surface area contributed by atoms with Crippen LogP contribution in [0.25, 0.3) is 0 Å². The summed E-state index contributed by atoms with van der Waals surface area (Å²) in [6.07, 6.45) is 8.32. The Morgan fingerprint density at radius 3 is 1.65 bits per heavy atom. The molecule has 0 radical (unpaired) electrons. The number of rotatable bonds is 10. The van der Waals surface area contributed by atoms with Crippen LogP contribution in [-0.2, 0) is 0 Å². The lowest BCUT2D eigenvalue weighted by Crippen LogP contribution is -2.21. The van der Waals surface area contributed by atoms with Crippen molar-refractivity contribution in [1.29, 1.82) is 0 Å². The summed E-state index contributed by atoms with van der Waals surface area (Å²) in [5, 5.41) is 0. The molecule has 0 fully saturated rings. The fourth-order valence-electron chi connectivity index (χ4n) is 1.72. The van der Waals surface area contributed by atoms with E-state index in [1.807, 2.05) is 0 Å². The van der Waals surface area contributed by atoms with Crippen molar-refractivity contribution in [3.63, 3.8) is 0 Å². The summed E-state index contributed by atoms with van der Waals surface area (Å²) >= 11 is 11.0. The number of hydrogen-bond acceptors (Lipinski definition) is 0. The molecule has 17 heavy (non-hydrogen) atoms. The molecule has 0 aliphatic rings. The second-order valence-corrected chi connectivity index (χ2v) is 33.8. The van der Waals surface area contributed by atoms with E-state index in [2.05, 4.69) is 71.2 Å². The molecule has 0 saturated heterocycles. The molecule has 5 heteroatoms. The summed E-state index contributed by atoms with van der Waals surface area (Å²) in [7, 11) is -1.03. The minimum atomic E-state index is -1.33. The lowest BCUT2D eigenvalue weighted by Gasteiger charge is -2.16. The van der Waals surface area contributed by atoms with Crippen LogP contribution in [0.1, 0.15) is 38.5 Å². The highest BCUT2D eigenvalue weighted by molar-refractivity contribution is 9.72. The number of halogens is 3. The SMILES string of the molecule is C=C[Si](C)(C)CCCCCCCC[Si](Br)(Br)Br. The van der Waals surface area contributed by atoms with Crippen molar-refractivity contribution in [2.45, 2.75) is 63.7 Å². The Labute approximate surface area is 133 Å². The Balaban J connectivity index is 3.28. The van der Waals surface area contributed by atoms with Crippen molar-refractivity contribution < 1.29 is 0 Å². The monoisotopic (exact) mass is 462 g/mol. The van der Waals surface area contributed by atoms with Crippen LogP contribution in [0.5, 0.6) is 0 Å². The van der Waals surface area contributed by atoms with Gasteiger partial charge in [-0.25, -0.2) is 0 Å². The van der Waals surface area contributed by atoms with Gasteiger partial charge < -0.3 is 0 Å². The Morgan fingerprint density at radius 1 is 0.824 bits per heavy atom. The molecule has 102 valence electrons. The van der Waals surface area contributed by atoms with Gasteiger partial charge in [-0.1, -0.05) is 104 Å². The Kier molecular flexibility index (Phi) is 10.4. The van der Waals surface area contributed by atoms with Gasteiger partial charge in [-0.05, 0) is 6.04 Å². The fraction of sp³-hybridized carbons (Fsp3) is 0.833. The van der Waals surface area contributed by atoms with E-state index in [-0.39, 0.29) is 0 Å². The van der Waals surface area contributed by atoms with Crippen molar-refractivity contribution in [1.82, 2.24) is 0 Å². The van der Waals surface area contributed by atoms with E-state index in [0.29, 0.717) is 0 Å². The van der Waals surface area contributed by atoms with Crippen LogP contribution in [-0.4, -0.2) is 12.0 Å². The molecule has 0 N–H and O–H groups in total. The first-order chi connectivity index (χ1) is 7.77. The fourth-order valence-corrected chi connectivity index (χ4v) is 6.25. The van der Waals surface area contributed by atoms with Gasteiger partial charge in [-0.15, -0.1) is 12.3 Å². The second-order valence-electron chi connectivity index (χ2n) is 5.43. The predicted octanol–water partition coefficient (Wildman–Crippen LogP) is 6.88. The predicted molar refractivity (Wildman–Crippen MR) is 97.5 cm³/mol. The summed E-state index contributed by atoms with van der Waals surface area (Å²) in [6.45, 7) is 8.76. The van der Waals surface area contributed by atoms with Crippen molar-refractivity contribution in [3.05, 3.63) is 12.3 Å². The Hall–Kier alpha value is 1.61. The molecule has 0 aromatic heterocycles.